The number of amides is 1. The summed E-state index contributed by atoms with van der Waals surface area (Å²) in [6.45, 7) is 8.15. The first kappa shape index (κ1) is 15.0. The van der Waals surface area contributed by atoms with Crippen molar-refractivity contribution >= 4 is 5.91 Å². The molecular weight excluding hydrogens is 256 g/mol. The van der Waals surface area contributed by atoms with Crippen LogP contribution in [0.3, 0.4) is 0 Å². The van der Waals surface area contributed by atoms with Gasteiger partial charge in [0.15, 0.2) is 0 Å². The van der Waals surface area contributed by atoms with E-state index in [-0.39, 0.29) is 17.9 Å². The second kappa shape index (κ2) is 6.83. The summed E-state index contributed by atoms with van der Waals surface area (Å²) in [5.41, 5.74) is 0. The number of nitrogens with one attached hydrogen (secondary N) is 1. The highest BCUT2D eigenvalue weighted by atomic mass is 16.5. The number of hydrogen-bond donors (Lipinski definition) is 1. The lowest BCUT2D eigenvalue weighted by molar-refractivity contribution is -0.137. The first-order chi connectivity index (χ1) is 9.63. The Morgan fingerprint density at radius 3 is 3.10 bits per heavy atom. The molecule has 6 heteroatoms. The zero-order valence-electron chi connectivity index (χ0n) is 12.5. The van der Waals surface area contributed by atoms with E-state index in [9.17, 15) is 4.79 Å². The Bertz CT molecular complexity index is 444. The Labute approximate surface area is 119 Å². The summed E-state index contributed by atoms with van der Waals surface area (Å²) in [5.74, 6) is 1.15. The Morgan fingerprint density at radius 1 is 1.60 bits per heavy atom. The predicted molar refractivity (Wildman–Crippen MR) is 74.8 cm³/mol. The van der Waals surface area contributed by atoms with Crippen molar-refractivity contribution in [2.24, 2.45) is 11.8 Å². The van der Waals surface area contributed by atoms with Crippen molar-refractivity contribution in [2.75, 3.05) is 6.61 Å². The first-order valence-electron chi connectivity index (χ1n) is 7.39. The Morgan fingerprint density at radius 2 is 2.40 bits per heavy atom. The number of rotatable bonds is 5. The number of hydrogen-bond acceptors (Lipinski definition) is 4. The van der Waals surface area contributed by atoms with Gasteiger partial charge in [-0.2, -0.15) is 5.10 Å². The molecule has 1 aliphatic heterocycles. The molecule has 1 aromatic rings. The van der Waals surface area contributed by atoms with Gasteiger partial charge in [-0.15, -0.1) is 0 Å². The van der Waals surface area contributed by atoms with Crippen molar-refractivity contribution in [3.63, 3.8) is 0 Å². The van der Waals surface area contributed by atoms with Gasteiger partial charge >= 0.3 is 0 Å². The SMILES string of the molecule is CCn1ncnc1CNC(=O)[C@H]1CCCO[C@@H]1C(C)C. The standard InChI is InChI=1S/C14H24N4O2/c1-4-18-12(16-9-17-18)8-15-14(19)11-6-5-7-20-13(11)10(2)3/h9-11,13H,4-8H2,1-3H3,(H,15,19)/t11-,13+/m0/s1. The van der Waals surface area contributed by atoms with Crippen molar-refractivity contribution in [3.8, 4) is 0 Å². The van der Waals surface area contributed by atoms with E-state index < -0.39 is 0 Å². The third-order valence-corrected chi connectivity index (χ3v) is 3.78. The smallest absolute Gasteiger partial charge is 0.226 e. The molecule has 0 bridgehead atoms. The minimum Gasteiger partial charge on any atom is -0.377 e. The van der Waals surface area contributed by atoms with Crippen LogP contribution in [0.5, 0.6) is 0 Å². The summed E-state index contributed by atoms with van der Waals surface area (Å²) in [6, 6.07) is 0. The lowest BCUT2D eigenvalue weighted by atomic mass is 9.87. The van der Waals surface area contributed by atoms with E-state index in [2.05, 4.69) is 29.2 Å². The monoisotopic (exact) mass is 280 g/mol. The van der Waals surface area contributed by atoms with Gasteiger partial charge in [0.2, 0.25) is 5.91 Å². The fourth-order valence-electron chi connectivity index (χ4n) is 2.73. The van der Waals surface area contributed by atoms with Gasteiger partial charge in [0.1, 0.15) is 12.2 Å². The minimum absolute atomic E-state index is 0.0211. The molecule has 1 fully saturated rings. The van der Waals surface area contributed by atoms with Gasteiger partial charge in [-0.25, -0.2) is 9.67 Å². The number of carbonyl (C=O) groups is 1. The third kappa shape index (κ3) is 3.36. The topological polar surface area (TPSA) is 69.0 Å². The van der Waals surface area contributed by atoms with E-state index in [1.807, 2.05) is 6.92 Å². The fraction of sp³-hybridized carbons (Fsp3) is 0.786. The van der Waals surface area contributed by atoms with Crippen LogP contribution in [0.2, 0.25) is 0 Å². The summed E-state index contributed by atoms with van der Waals surface area (Å²) < 4.78 is 7.55. The van der Waals surface area contributed by atoms with Crippen molar-refractivity contribution < 1.29 is 9.53 Å². The van der Waals surface area contributed by atoms with Gasteiger partial charge in [0.25, 0.3) is 0 Å². The molecule has 0 spiro atoms. The molecule has 0 aliphatic carbocycles. The van der Waals surface area contributed by atoms with Crippen LogP contribution in [0, 0.1) is 11.8 Å². The van der Waals surface area contributed by atoms with E-state index in [4.69, 9.17) is 4.74 Å². The van der Waals surface area contributed by atoms with Gasteiger partial charge < -0.3 is 10.1 Å². The number of aromatic nitrogens is 3. The Hall–Kier alpha value is -1.43. The molecule has 2 rings (SSSR count). The Balaban J connectivity index is 1.93. The van der Waals surface area contributed by atoms with E-state index in [0.29, 0.717) is 12.5 Å². The highest BCUT2D eigenvalue weighted by molar-refractivity contribution is 5.79. The van der Waals surface area contributed by atoms with Crippen LogP contribution >= 0.6 is 0 Å². The highest BCUT2D eigenvalue weighted by Crippen LogP contribution is 2.26. The van der Waals surface area contributed by atoms with Crippen LogP contribution in [0.25, 0.3) is 0 Å². The molecule has 112 valence electrons. The lowest BCUT2D eigenvalue weighted by Crippen LogP contribution is -2.43. The summed E-state index contributed by atoms with van der Waals surface area (Å²) in [5, 5.41) is 7.07. The number of nitrogens with zero attached hydrogens (tertiary/aromatic N) is 3. The molecule has 1 aromatic heterocycles. The molecule has 0 radical (unpaired) electrons. The minimum atomic E-state index is -0.0539. The zero-order chi connectivity index (χ0) is 14.5. The average Bonchev–Trinajstić information content (AvgIpc) is 2.92. The molecule has 20 heavy (non-hydrogen) atoms. The van der Waals surface area contributed by atoms with Gasteiger partial charge in [0, 0.05) is 13.2 Å². The van der Waals surface area contributed by atoms with Gasteiger partial charge in [0.05, 0.1) is 18.6 Å². The fourth-order valence-corrected chi connectivity index (χ4v) is 2.73. The maximum Gasteiger partial charge on any atom is 0.226 e. The predicted octanol–water partition coefficient (Wildman–Crippen LogP) is 1.37. The largest absolute Gasteiger partial charge is 0.377 e. The molecule has 6 nitrogen and oxygen atoms in total. The van der Waals surface area contributed by atoms with Gasteiger partial charge in [-0.05, 0) is 25.7 Å². The third-order valence-electron chi connectivity index (χ3n) is 3.78. The summed E-state index contributed by atoms with van der Waals surface area (Å²) >= 11 is 0. The van der Waals surface area contributed by atoms with E-state index in [1.165, 1.54) is 6.33 Å². The van der Waals surface area contributed by atoms with Crippen LogP contribution in [0.4, 0.5) is 0 Å². The lowest BCUT2D eigenvalue weighted by Gasteiger charge is -2.33. The zero-order valence-corrected chi connectivity index (χ0v) is 12.5. The molecule has 1 saturated heterocycles. The normalized spacial score (nSPS) is 23.0. The second-order valence-electron chi connectivity index (χ2n) is 5.54. The van der Waals surface area contributed by atoms with Crippen LogP contribution in [-0.4, -0.2) is 33.4 Å². The average molecular weight is 280 g/mol. The van der Waals surface area contributed by atoms with E-state index >= 15 is 0 Å². The summed E-state index contributed by atoms with van der Waals surface area (Å²) in [6.07, 6.45) is 3.39. The van der Waals surface area contributed by atoms with Crippen molar-refractivity contribution in [1.82, 2.24) is 20.1 Å². The molecule has 1 amide bonds. The van der Waals surface area contributed by atoms with Crippen LogP contribution in [0.1, 0.15) is 39.4 Å². The van der Waals surface area contributed by atoms with E-state index in [0.717, 1.165) is 31.8 Å². The van der Waals surface area contributed by atoms with Crippen molar-refractivity contribution in [2.45, 2.75) is 52.8 Å². The van der Waals surface area contributed by atoms with Gasteiger partial charge in [-0.1, -0.05) is 13.8 Å². The molecule has 0 aromatic carbocycles. The number of ether oxygens (including phenoxy) is 1. The molecular formula is C14H24N4O2. The molecule has 1 aliphatic rings. The van der Waals surface area contributed by atoms with Crippen LogP contribution in [0.15, 0.2) is 6.33 Å². The van der Waals surface area contributed by atoms with Gasteiger partial charge in [-0.3, -0.25) is 4.79 Å². The molecule has 2 heterocycles. The summed E-state index contributed by atoms with van der Waals surface area (Å²) in [7, 11) is 0. The molecule has 2 atom stereocenters. The van der Waals surface area contributed by atoms with Crippen LogP contribution in [-0.2, 0) is 22.6 Å². The quantitative estimate of drug-likeness (QED) is 0.884. The van der Waals surface area contributed by atoms with Crippen molar-refractivity contribution in [1.29, 1.82) is 0 Å². The first-order valence-corrected chi connectivity index (χ1v) is 7.39. The molecule has 0 saturated carbocycles. The molecule has 0 unspecified atom stereocenters. The maximum atomic E-state index is 12.4. The number of aryl methyl sites for hydroxylation is 1. The Kier molecular flexibility index (Phi) is 5.11. The van der Waals surface area contributed by atoms with Crippen LogP contribution < -0.4 is 5.32 Å². The maximum absolute atomic E-state index is 12.4. The van der Waals surface area contributed by atoms with Crippen molar-refractivity contribution in [3.05, 3.63) is 12.2 Å². The second-order valence-corrected chi connectivity index (χ2v) is 5.54. The summed E-state index contributed by atoms with van der Waals surface area (Å²) in [4.78, 5) is 16.5. The molecule has 1 N–H and O–H groups in total. The number of carbonyl (C=O) groups excluding carboxylic acids is 1. The highest BCUT2D eigenvalue weighted by Gasteiger charge is 2.33. The van der Waals surface area contributed by atoms with E-state index in [1.54, 1.807) is 4.68 Å².